The van der Waals surface area contributed by atoms with Gasteiger partial charge in [-0.25, -0.2) is 0 Å². The van der Waals surface area contributed by atoms with Crippen LogP contribution in [-0.4, -0.2) is 12.6 Å². The van der Waals surface area contributed by atoms with Gasteiger partial charge < -0.3 is 11.1 Å². The molecule has 3 N–H and O–H groups in total. The van der Waals surface area contributed by atoms with Crippen LogP contribution >= 0.6 is 11.3 Å². The van der Waals surface area contributed by atoms with Crippen molar-refractivity contribution >= 4 is 11.3 Å². The predicted molar refractivity (Wildman–Crippen MR) is 68.3 cm³/mol. The molecule has 86 valence electrons. The van der Waals surface area contributed by atoms with Gasteiger partial charge in [-0.05, 0) is 43.3 Å². The summed E-state index contributed by atoms with van der Waals surface area (Å²) in [6.07, 6.45) is 3.41. The van der Waals surface area contributed by atoms with Crippen molar-refractivity contribution < 1.29 is 0 Å². The predicted octanol–water partition coefficient (Wildman–Crippen LogP) is 2.66. The van der Waals surface area contributed by atoms with E-state index in [4.69, 9.17) is 5.73 Å². The van der Waals surface area contributed by atoms with Crippen molar-refractivity contribution in [2.75, 3.05) is 6.54 Å². The molecule has 0 aromatic carbocycles. The Balaban J connectivity index is 2.09. The second-order valence-electron chi connectivity index (χ2n) is 4.04. The normalized spacial score (nSPS) is 13.0. The van der Waals surface area contributed by atoms with Gasteiger partial charge in [-0.2, -0.15) is 0 Å². The summed E-state index contributed by atoms with van der Waals surface area (Å²) in [7, 11) is 0. The molecule has 1 atom stereocenters. The van der Waals surface area contributed by atoms with Gasteiger partial charge in [0.05, 0.1) is 0 Å². The Labute approximate surface area is 96.9 Å². The molecule has 0 aliphatic rings. The summed E-state index contributed by atoms with van der Waals surface area (Å²) >= 11 is 1.82. The van der Waals surface area contributed by atoms with Crippen LogP contribution in [0.3, 0.4) is 0 Å². The Morgan fingerprint density at radius 2 is 2.27 bits per heavy atom. The van der Waals surface area contributed by atoms with Crippen molar-refractivity contribution in [3.63, 3.8) is 0 Å². The average Bonchev–Trinajstić information content (AvgIpc) is 2.60. The Bertz CT molecular complexity index is 270. The van der Waals surface area contributed by atoms with E-state index < -0.39 is 0 Å². The van der Waals surface area contributed by atoms with E-state index in [1.54, 1.807) is 0 Å². The van der Waals surface area contributed by atoms with Gasteiger partial charge >= 0.3 is 0 Å². The van der Waals surface area contributed by atoms with E-state index in [2.05, 4.69) is 30.6 Å². The van der Waals surface area contributed by atoms with E-state index in [1.807, 2.05) is 11.3 Å². The van der Waals surface area contributed by atoms with Gasteiger partial charge in [-0.15, -0.1) is 11.3 Å². The van der Waals surface area contributed by atoms with Crippen LogP contribution < -0.4 is 11.1 Å². The highest BCUT2D eigenvalue weighted by molar-refractivity contribution is 7.10. The molecule has 0 aliphatic heterocycles. The van der Waals surface area contributed by atoms with Gasteiger partial charge in [0.15, 0.2) is 0 Å². The second-order valence-corrected chi connectivity index (χ2v) is 5.04. The molecule has 3 heteroatoms. The van der Waals surface area contributed by atoms with Crippen molar-refractivity contribution in [1.29, 1.82) is 0 Å². The zero-order valence-electron chi connectivity index (χ0n) is 9.75. The number of hydrogen-bond donors (Lipinski definition) is 2. The highest BCUT2D eigenvalue weighted by Crippen LogP contribution is 2.14. The lowest BCUT2D eigenvalue weighted by molar-refractivity contribution is 0.528. The topological polar surface area (TPSA) is 38.0 Å². The highest BCUT2D eigenvalue weighted by Gasteiger charge is 2.01. The van der Waals surface area contributed by atoms with Gasteiger partial charge in [-0.3, -0.25) is 0 Å². The van der Waals surface area contributed by atoms with Crippen molar-refractivity contribution in [2.24, 2.45) is 5.73 Å². The fourth-order valence-corrected chi connectivity index (χ4v) is 2.47. The number of nitrogens with one attached hydrogen (secondary N) is 1. The van der Waals surface area contributed by atoms with Crippen LogP contribution in [0.2, 0.25) is 0 Å². The molecule has 0 amide bonds. The third kappa shape index (κ3) is 4.78. The van der Waals surface area contributed by atoms with Crippen molar-refractivity contribution in [3.8, 4) is 0 Å². The Morgan fingerprint density at radius 3 is 2.87 bits per heavy atom. The maximum atomic E-state index is 5.94. The molecule has 2 nitrogen and oxygen atoms in total. The average molecular weight is 226 g/mol. The molecule has 15 heavy (non-hydrogen) atoms. The molecular weight excluding hydrogens is 204 g/mol. The van der Waals surface area contributed by atoms with Crippen LogP contribution in [0.5, 0.6) is 0 Å². The first-order chi connectivity index (χ1) is 7.24. The van der Waals surface area contributed by atoms with E-state index in [0.717, 1.165) is 25.9 Å². The van der Waals surface area contributed by atoms with E-state index in [-0.39, 0.29) is 0 Å². The molecule has 0 radical (unpaired) electrons. The van der Waals surface area contributed by atoms with Crippen LogP contribution in [0.15, 0.2) is 11.4 Å². The van der Waals surface area contributed by atoms with Crippen LogP contribution in [0, 0.1) is 6.92 Å². The van der Waals surface area contributed by atoms with Crippen LogP contribution in [-0.2, 0) is 6.54 Å². The minimum Gasteiger partial charge on any atom is -0.328 e. The summed E-state index contributed by atoms with van der Waals surface area (Å²) in [6, 6.07) is 2.54. The SMILES string of the molecule is CCCC(N)CCNCc1sccc1C. The lowest BCUT2D eigenvalue weighted by Gasteiger charge is -2.10. The van der Waals surface area contributed by atoms with E-state index >= 15 is 0 Å². The summed E-state index contributed by atoms with van der Waals surface area (Å²) in [5.74, 6) is 0. The quantitative estimate of drug-likeness (QED) is 0.702. The summed E-state index contributed by atoms with van der Waals surface area (Å²) in [5.41, 5.74) is 7.33. The maximum Gasteiger partial charge on any atom is 0.0302 e. The molecule has 1 aromatic rings. The molecule has 0 spiro atoms. The van der Waals surface area contributed by atoms with E-state index in [0.29, 0.717) is 6.04 Å². The smallest absolute Gasteiger partial charge is 0.0302 e. The highest BCUT2D eigenvalue weighted by atomic mass is 32.1. The van der Waals surface area contributed by atoms with Crippen LogP contribution in [0.1, 0.15) is 36.6 Å². The van der Waals surface area contributed by atoms with Crippen LogP contribution in [0.25, 0.3) is 0 Å². The minimum absolute atomic E-state index is 0.368. The molecule has 0 bridgehead atoms. The molecule has 0 fully saturated rings. The minimum atomic E-state index is 0.368. The number of nitrogens with two attached hydrogens (primary N) is 1. The Morgan fingerprint density at radius 1 is 1.47 bits per heavy atom. The summed E-state index contributed by atoms with van der Waals surface area (Å²) < 4.78 is 0. The van der Waals surface area contributed by atoms with Gasteiger partial charge in [0.2, 0.25) is 0 Å². The number of aryl methyl sites for hydroxylation is 1. The lowest BCUT2D eigenvalue weighted by atomic mass is 10.1. The Kier molecular flexibility index (Phi) is 5.91. The first kappa shape index (κ1) is 12.7. The van der Waals surface area contributed by atoms with Gasteiger partial charge in [-0.1, -0.05) is 13.3 Å². The van der Waals surface area contributed by atoms with Gasteiger partial charge in [0, 0.05) is 17.5 Å². The van der Waals surface area contributed by atoms with Gasteiger partial charge in [0.25, 0.3) is 0 Å². The summed E-state index contributed by atoms with van der Waals surface area (Å²) in [4.78, 5) is 1.44. The second kappa shape index (κ2) is 6.99. The molecule has 1 unspecified atom stereocenters. The molecule has 1 heterocycles. The molecule has 1 rings (SSSR count). The first-order valence-electron chi connectivity index (χ1n) is 5.73. The summed E-state index contributed by atoms with van der Waals surface area (Å²) in [5, 5.41) is 5.60. The van der Waals surface area contributed by atoms with Crippen molar-refractivity contribution in [3.05, 3.63) is 21.9 Å². The number of hydrogen-bond acceptors (Lipinski definition) is 3. The summed E-state index contributed by atoms with van der Waals surface area (Å²) in [6.45, 7) is 6.36. The van der Waals surface area contributed by atoms with Crippen molar-refractivity contribution in [2.45, 2.75) is 45.7 Å². The molecule has 1 aromatic heterocycles. The van der Waals surface area contributed by atoms with E-state index in [9.17, 15) is 0 Å². The fraction of sp³-hybridized carbons (Fsp3) is 0.667. The monoisotopic (exact) mass is 226 g/mol. The van der Waals surface area contributed by atoms with E-state index in [1.165, 1.54) is 16.9 Å². The third-order valence-electron chi connectivity index (χ3n) is 2.61. The van der Waals surface area contributed by atoms with Gasteiger partial charge in [0.1, 0.15) is 0 Å². The molecule has 0 saturated heterocycles. The molecule has 0 aliphatic carbocycles. The number of rotatable bonds is 7. The first-order valence-corrected chi connectivity index (χ1v) is 6.61. The standard InChI is InChI=1S/C12H22N2S/c1-3-4-11(13)5-7-14-9-12-10(2)6-8-15-12/h6,8,11,14H,3-5,7,9,13H2,1-2H3. The fourth-order valence-electron chi connectivity index (χ4n) is 1.59. The third-order valence-corrected chi connectivity index (χ3v) is 3.63. The largest absolute Gasteiger partial charge is 0.328 e. The molecule has 0 saturated carbocycles. The van der Waals surface area contributed by atoms with Crippen molar-refractivity contribution in [1.82, 2.24) is 5.32 Å². The van der Waals surface area contributed by atoms with Crippen LogP contribution in [0.4, 0.5) is 0 Å². The Hall–Kier alpha value is -0.380. The zero-order chi connectivity index (χ0) is 11.1. The number of thiophene rings is 1. The molecular formula is C12H22N2S. The zero-order valence-corrected chi connectivity index (χ0v) is 10.6. The maximum absolute atomic E-state index is 5.94. The lowest BCUT2D eigenvalue weighted by Crippen LogP contribution is -2.26.